The van der Waals surface area contributed by atoms with Crippen LogP contribution in [-0.2, 0) is 35.5 Å². The minimum absolute atomic E-state index is 0.226. The number of nitrogens with zero attached hydrogens (tertiary/aromatic N) is 2. The monoisotopic (exact) mass is 394 g/mol. The summed E-state index contributed by atoms with van der Waals surface area (Å²) < 4.78 is 7.72. The number of carbonyl (C=O) groups excluding carboxylic acids is 1. The Balaban J connectivity index is 2.15. The van der Waals surface area contributed by atoms with E-state index in [0.29, 0.717) is 11.9 Å². The molecule has 0 saturated heterocycles. The standard InChI is InChI=1S/C19H27N3O4S/c1-4-26-15(23)12-22-17(24)16-13-8-5-6-9-14(13)27-18(16)21(19(22)25)11-7-10-20(2)3/h4-12H2,1-3H3/p+1. The van der Waals surface area contributed by atoms with Crippen molar-refractivity contribution in [2.75, 3.05) is 27.2 Å². The van der Waals surface area contributed by atoms with Crippen molar-refractivity contribution in [2.24, 2.45) is 0 Å². The highest BCUT2D eigenvalue weighted by Gasteiger charge is 2.24. The fourth-order valence-electron chi connectivity index (χ4n) is 3.68. The number of esters is 1. The van der Waals surface area contributed by atoms with Gasteiger partial charge in [0.25, 0.3) is 5.56 Å². The summed E-state index contributed by atoms with van der Waals surface area (Å²) >= 11 is 1.58. The quantitative estimate of drug-likeness (QED) is 0.681. The van der Waals surface area contributed by atoms with Crippen LogP contribution in [0.5, 0.6) is 0 Å². The Labute approximate surface area is 162 Å². The number of aromatic nitrogens is 2. The highest BCUT2D eigenvalue weighted by molar-refractivity contribution is 7.18. The summed E-state index contributed by atoms with van der Waals surface area (Å²) in [4.78, 5) is 41.4. The van der Waals surface area contributed by atoms with Gasteiger partial charge in [0, 0.05) is 17.8 Å². The Morgan fingerprint density at radius 3 is 2.63 bits per heavy atom. The topological polar surface area (TPSA) is 74.7 Å². The van der Waals surface area contributed by atoms with E-state index < -0.39 is 11.7 Å². The Bertz CT molecular complexity index is 954. The minimum atomic E-state index is -0.551. The van der Waals surface area contributed by atoms with Crippen molar-refractivity contribution in [3.05, 3.63) is 31.3 Å². The van der Waals surface area contributed by atoms with Crippen LogP contribution in [0.3, 0.4) is 0 Å². The molecular weight excluding hydrogens is 366 g/mol. The SMILES string of the molecule is CCOC(=O)Cn1c(=O)c2c3c(sc2n(CCC[NH+](C)C)c1=O)CCCC3. The van der Waals surface area contributed by atoms with E-state index in [0.717, 1.165) is 53.6 Å². The summed E-state index contributed by atoms with van der Waals surface area (Å²) in [5, 5.41) is 0.635. The second kappa shape index (κ2) is 8.39. The first kappa shape index (κ1) is 19.8. The molecule has 27 heavy (non-hydrogen) atoms. The number of rotatable bonds is 7. The lowest BCUT2D eigenvalue weighted by atomic mass is 9.97. The van der Waals surface area contributed by atoms with Crippen LogP contribution in [0.1, 0.15) is 36.6 Å². The van der Waals surface area contributed by atoms with E-state index in [4.69, 9.17) is 4.74 Å². The Morgan fingerprint density at radius 2 is 1.93 bits per heavy atom. The second-order valence-electron chi connectivity index (χ2n) is 7.33. The Kier molecular flexibility index (Phi) is 6.16. The van der Waals surface area contributed by atoms with Gasteiger partial charge in [0.1, 0.15) is 11.4 Å². The minimum Gasteiger partial charge on any atom is -0.465 e. The van der Waals surface area contributed by atoms with Crippen molar-refractivity contribution >= 4 is 27.5 Å². The highest BCUT2D eigenvalue weighted by atomic mass is 32.1. The van der Waals surface area contributed by atoms with Gasteiger partial charge in [0.2, 0.25) is 0 Å². The third kappa shape index (κ3) is 4.01. The van der Waals surface area contributed by atoms with Gasteiger partial charge < -0.3 is 9.64 Å². The number of ether oxygens (including phenoxy) is 1. The summed E-state index contributed by atoms with van der Waals surface area (Å²) in [5.41, 5.74) is 0.320. The molecule has 0 aliphatic heterocycles. The molecule has 2 heterocycles. The molecule has 3 rings (SSSR count). The first-order valence-corrected chi connectivity index (χ1v) is 10.5. The van der Waals surface area contributed by atoms with Crippen molar-refractivity contribution in [1.29, 1.82) is 0 Å². The van der Waals surface area contributed by atoms with E-state index in [1.54, 1.807) is 22.8 Å². The van der Waals surface area contributed by atoms with Crippen molar-refractivity contribution in [3.63, 3.8) is 0 Å². The lowest BCUT2D eigenvalue weighted by Gasteiger charge is -2.13. The molecule has 0 saturated carbocycles. The Morgan fingerprint density at radius 1 is 1.19 bits per heavy atom. The smallest absolute Gasteiger partial charge is 0.332 e. The zero-order valence-corrected chi connectivity index (χ0v) is 17.1. The molecule has 148 valence electrons. The zero-order valence-electron chi connectivity index (χ0n) is 16.3. The number of thiophene rings is 1. The summed E-state index contributed by atoms with van der Waals surface area (Å²) in [6, 6.07) is 0. The molecule has 0 spiro atoms. The van der Waals surface area contributed by atoms with E-state index >= 15 is 0 Å². The molecular formula is C19H28N3O4S+. The molecule has 0 aromatic carbocycles. The van der Waals surface area contributed by atoms with Crippen LogP contribution in [0.25, 0.3) is 10.2 Å². The second-order valence-corrected chi connectivity index (χ2v) is 8.42. The van der Waals surface area contributed by atoms with Gasteiger partial charge in [-0.25, -0.2) is 9.36 Å². The number of hydrogen-bond donors (Lipinski definition) is 1. The molecule has 0 unspecified atom stereocenters. The molecule has 0 bridgehead atoms. The third-order valence-electron chi connectivity index (χ3n) is 4.97. The lowest BCUT2D eigenvalue weighted by molar-refractivity contribution is -0.858. The van der Waals surface area contributed by atoms with Gasteiger partial charge in [-0.3, -0.25) is 14.2 Å². The lowest BCUT2D eigenvalue weighted by Crippen LogP contribution is -3.05. The first-order valence-electron chi connectivity index (χ1n) is 9.66. The summed E-state index contributed by atoms with van der Waals surface area (Å²) in [5.74, 6) is -0.551. The van der Waals surface area contributed by atoms with Crippen molar-refractivity contribution in [1.82, 2.24) is 9.13 Å². The summed E-state index contributed by atoms with van der Waals surface area (Å²) in [7, 11) is 4.15. The van der Waals surface area contributed by atoms with Crippen LogP contribution in [0, 0.1) is 0 Å². The average molecular weight is 395 g/mol. The van der Waals surface area contributed by atoms with Crippen LogP contribution in [-0.4, -0.2) is 42.4 Å². The van der Waals surface area contributed by atoms with E-state index in [-0.39, 0.29) is 18.7 Å². The molecule has 0 atom stereocenters. The third-order valence-corrected chi connectivity index (χ3v) is 6.28. The van der Waals surface area contributed by atoms with Crippen LogP contribution in [0.15, 0.2) is 9.59 Å². The molecule has 1 aliphatic rings. The first-order chi connectivity index (χ1) is 12.9. The number of aryl methyl sites for hydroxylation is 3. The van der Waals surface area contributed by atoms with Gasteiger partial charge in [-0.1, -0.05) is 0 Å². The normalized spacial score (nSPS) is 13.9. The predicted molar refractivity (Wildman–Crippen MR) is 106 cm³/mol. The average Bonchev–Trinajstić information content (AvgIpc) is 3.01. The molecule has 0 amide bonds. The molecule has 1 N–H and O–H groups in total. The molecule has 7 nitrogen and oxygen atoms in total. The summed E-state index contributed by atoms with van der Waals surface area (Å²) in [6.07, 6.45) is 4.83. The van der Waals surface area contributed by atoms with Gasteiger partial charge in [0.05, 0.1) is 32.6 Å². The highest BCUT2D eigenvalue weighted by Crippen LogP contribution is 2.34. The molecule has 1 aliphatic carbocycles. The molecule has 2 aromatic rings. The van der Waals surface area contributed by atoms with E-state index in [1.165, 1.54) is 9.78 Å². The maximum atomic E-state index is 13.1. The van der Waals surface area contributed by atoms with Crippen LogP contribution >= 0.6 is 11.3 Å². The van der Waals surface area contributed by atoms with Crippen LogP contribution in [0.4, 0.5) is 0 Å². The van der Waals surface area contributed by atoms with Gasteiger partial charge >= 0.3 is 11.7 Å². The van der Waals surface area contributed by atoms with Crippen LogP contribution in [0.2, 0.25) is 0 Å². The largest absolute Gasteiger partial charge is 0.465 e. The fraction of sp³-hybridized carbons (Fsp3) is 0.632. The van der Waals surface area contributed by atoms with Gasteiger partial charge in [-0.2, -0.15) is 0 Å². The molecule has 2 aromatic heterocycles. The van der Waals surface area contributed by atoms with Crippen molar-refractivity contribution in [3.8, 4) is 0 Å². The number of quaternary nitrogens is 1. The number of carbonyl (C=O) groups is 1. The van der Waals surface area contributed by atoms with Crippen molar-refractivity contribution in [2.45, 2.75) is 52.1 Å². The summed E-state index contributed by atoms with van der Waals surface area (Å²) in [6.45, 7) is 3.08. The predicted octanol–water partition coefficient (Wildman–Crippen LogP) is 0.201. The van der Waals surface area contributed by atoms with Gasteiger partial charge in [-0.05, 0) is 38.2 Å². The van der Waals surface area contributed by atoms with Gasteiger partial charge in [0.15, 0.2) is 0 Å². The molecule has 0 radical (unpaired) electrons. The van der Waals surface area contributed by atoms with E-state index in [9.17, 15) is 14.4 Å². The fourth-order valence-corrected chi connectivity index (χ4v) is 5.08. The van der Waals surface area contributed by atoms with Crippen LogP contribution < -0.4 is 16.1 Å². The number of fused-ring (bicyclic) bond motifs is 3. The van der Waals surface area contributed by atoms with E-state index in [2.05, 4.69) is 14.1 Å². The number of hydrogen-bond acceptors (Lipinski definition) is 5. The Hall–Kier alpha value is -1.93. The van der Waals surface area contributed by atoms with Gasteiger partial charge in [-0.15, -0.1) is 11.3 Å². The number of nitrogens with one attached hydrogen (secondary N) is 1. The van der Waals surface area contributed by atoms with E-state index in [1.807, 2.05) is 0 Å². The zero-order chi connectivity index (χ0) is 19.6. The molecule has 8 heteroatoms. The maximum Gasteiger partial charge on any atom is 0.332 e. The maximum absolute atomic E-state index is 13.1. The van der Waals surface area contributed by atoms with Crippen molar-refractivity contribution < 1.29 is 14.4 Å². The molecule has 0 fully saturated rings.